The Hall–Kier alpha value is -2.86. The minimum absolute atomic E-state index is 0.0195. The Morgan fingerprint density at radius 3 is 2.36 bits per heavy atom. The number of nitrogens with zero attached hydrogens (tertiary/aromatic N) is 2. The molecule has 1 aliphatic heterocycles. The number of aliphatic carboxylic acids is 1. The number of likely N-dealkylation sites (tertiary alicyclic amines) is 1. The van der Waals surface area contributed by atoms with Crippen LogP contribution in [0.5, 0.6) is 5.75 Å². The Balaban J connectivity index is 2.19. The van der Waals surface area contributed by atoms with E-state index in [1.807, 2.05) is 32.0 Å². The zero-order valence-corrected chi connectivity index (χ0v) is 27.6. The molecule has 0 saturated carbocycles. The summed E-state index contributed by atoms with van der Waals surface area (Å²) >= 11 is 0. The molecule has 0 bridgehead atoms. The van der Waals surface area contributed by atoms with Crippen molar-refractivity contribution in [3.05, 3.63) is 64.6 Å². The molecule has 0 radical (unpaired) electrons. The van der Waals surface area contributed by atoms with Crippen molar-refractivity contribution in [3.63, 3.8) is 0 Å². The third-order valence-corrected chi connectivity index (χ3v) is 10.5. The van der Waals surface area contributed by atoms with E-state index >= 15 is 0 Å². The molecular formula is C36H54N2O4. The molecule has 6 heteroatoms. The summed E-state index contributed by atoms with van der Waals surface area (Å²) < 4.78 is 32.8. The van der Waals surface area contributed by atoms with Gasteiger partial charge in [0.05, 0.1) is 16.6 Å². The van der Waals surface area contributed by atoms with Crippen molar-refractivity contribution in [1.29, 1.82) is 0 Å². The number of likely N-dealkylation sites (N-methyl/N-ethyl adjacent to an activating group) is 1. The summed E-state index contributed by atoms with van der Waals surface area (Å²) in [6.45, 7) is 19.8. The van der Waals surface area contributed by atoms with Gasteiger partial charge in [0, 0.05) is 37.5 Å². The number of rotatable bonds is 11. The van der Waals surface area contributed by atoms with Gasteiger partial charge in [0.2, 0.25) is 5.91 Å². The first kappa shape index (κ1) is 29.2. The minimum atomic E-state index is -1.05. The average molecular weight is 582 g/mol. The summed E-state index contributed by atoms with van der Waals surface area (Å²) in [6.07, 6.45) is 0.784. The number of hydrogen-bond acceptors (Lipinski definition) is 4. The first-order valence-electron chi connectivity index (χ1n) is 16.7. The number of benzene rings is 2. The van der Waals surface area contributed by atoms with Crippen molar-refractivity contribution < 1.29 is 23.5 Å². The van der Waals surface area contributed by atoms with Crippen LogP contribution in [0.25, 0.3) is 0 Å². The molecule has 1 saturated heterocycles. The van der Waals surface area contributed by atoms with E-state index in [-0.39, 0.29) is 48.3 Å². The van der Waals surface area contributed by atoms with E-state index in [0.717, 1.165) is 17.5 Å². The van der Waals surface area contributed by atoms with E-state index < -0.39 is 22.2 Å². The number of aryl methyl sites for hydroxylation is 1. The van der Waals surface area contributed by atoms with Gasteiger partial charge in [-0.05, 0) is 66.8 Å². The summed E-state index contributed by atoms with van der Waals surface area (Å²) in [6, 6.07) is 8.46. The maximum Gasteiger partial charge on any atom is 0.323 e. The highest BCUT2D eigenvalue weighted by Crippen LogP contribution is 2.52. The van der Waals surface area contributed by atoms with Crippen molar-refractivity contribution >= 4 is 11.9 Å². The SMILES string of the molecule is [2H]c1c([2H])c([C@]2(C(C)C)C(C)CN(CC(C)(C(=O)N(C)CC(=O)O)C(C)(C)c3ccccc3C)C[C@@H]2CC)c([2H])c(OC)c1C. The zero-order chi connectivity index (χ0) is 34.2. The Morgan fingerprint density at radius 2 is 1.81 bits per heavy atom. The number of amides is 1. The third kappa shape index (κ3) is 5.84. The summed E-state index contributed by atoms with van der Waals surface area (Å²) in [5, 5.41) is 9.56. The van der Waals surface area contributed by atoms with Gasteiger partial charge in [-0.3, -0.25) is 9.59 Å². The fraction of sp³-hybridized carbons (Fsp3) is 0.611. The van der Waals surface area contributed by atoms with E-state index in [1.54, 1.807) is 14.0 Å². The van der Waals surface area contributed by atoms with E-state index in [4.69, 9.17) is 7.48 Å². The highest BCUT2D eigenvalue weighted by Gasteiger charge is 2.55. The smallest absolute Gasteiger partial charge is 0.323 e. The van der Waals surface area contributed by atoms with E-state index in [2.05, 4.69) is 52.5 Å². The maximum absolute atomic E-state index is 14.4. The van der Waals surface area contributed by atoms with Crippen molar-refractivity contribution in [2.24, 2.45) is 23.2 Å². The van der Waals surface area contributed by atoms with Gasteiger partial charge in [-0.2, -0.15) is 0 Å². The summed E-state index contributed by atoms with van der Waals surface area (Å²) in [7, 11) is 3.09. The number of piperidine rings is 1. The molecule has 2 aromatic carbocycles. The Bertz CT molecular complexity index is 1430. The highest BCUT2D eigenvalue weighted by molar-refractivity contribution is 5.87. The molecule has 1 N–H and O–H groups in total. The third-order valence-electron chi connectivity index (χ3n) is 10.5. The van der Waals surface area contributed by atoms with Crippen molar-refractivity contribution in [2.75, 3.05) is 40.3 Å². The molecule has 232 valence electrons. The first-order valence-corrected chi connectivity index (χ1v) is 15.2. The predicted molar refractivity (Wildman–Crippen MR) is 171 cm³/mol. The Kier molecular flexibility index (Phi) is 8.90. The molecule has 2 unspecified atom stereocenters. The number of carboxylic acids is 1. The van der Waals surface area contributed by atoms with E-state index in [1.165, 1.54) is 12.0 Å². The normalized spacial score (nSPS) is 24.0. The largest absolute Gasteiger partial charge is 0.496 e. The van der Waals surface area contributed by atoms with Gasteiger partial charge < -0.3 is 19.6 Å². The summed E-state index contributed by atoms with van der Waals surface area (Å²) in [5.41, 5.74) is 1.02. The van der Waals surface area contributed by atoms with Gasteiger partial charge in [-0.1, -0.05) is 84.3 Å². The zero-order valence-electron chi connectivity index (χ0n) is 30.6. The Labute approximate surface area is 258 Å². The molecule has 0 aromatic heterocycles. The van der Waals surface area contributed by atoms with Crippen LogP contribution in [0.2, 0.25) is 0 Å². The quantitative estimate of drug-likeness (QED) is 0.319. The fourth-order valence-electron chi connectivity index (χ4n) is 7.97. The van der Waals surface area contributed by atoms with Gasteiger partial charge in [0.25, 0.3) is 0 Å². The van der Waals surface area contributed by atoms with Crippen LogP contribution in [0, 0.1) is 37.0 Å². The monoisotopic (exact) mass is 581 g/mol. The topological polar surface area (TPSA) is 70.1 Å². The summed E-state index contributed by atoms with van der Waals surface area (Å²) in [5.74, 6) is -0.842. The van der Waals surface area contributed by atoms with Crippen LogP contribution in [-0.2, 0) is 20.4 Å². The van der Waals surface area contributed by atoms with Crippen LogP contribution >= 0.6 is 0 Å². The van der Waals surface area contributed by atoms with Crippen molar-refractivity contribution in [2.45, 2.75) is 79.6 Å². The van der Waals surface area contributed by atoms with Gasteiger partial charge in [-0.15, -0.1) is 0 Å². The van der Waals surface area contributed by atoms with Crippen LogP contribution in [0.15, 0.2) is 42.4 Å². The van der Waals surface area contributed by atoms with Crippen LogP contribution in [-0.4, -0.2) is 67.1 Å². The number of carboxylic acid groups (broad SMARTS) is 1. The molecule has 6 nitrogen and oxygen atoms in total. The van der Waals surface area contributed by atoms with Crippen molar-refractivity contribution in [3.8, 4) is 5.75 Å². The first-order chi connectivity index (χ1) is 20.8. The lowest BCUT2D eigenvalue weighted by Gasteiger charge is -2.57. The maximum atomic E-state index is 14.4. The number of hydrogen-bond donors (Lipinski definition) is 1. The van der Waals surface area contributed by atoms with E-state index in [9.17, 15) is 16.1 Å². The molecule has 1 aliphatic rings. The number of ether oxygens (including phenoxy) is 1. The second kappa shape index (κ2) is 12.8. The van der Waals surface area contributed by atoms with E-state index in [0.29, 0.717) is 36.5 Å². The number of carbonyl (C=O) groups excluding carboxylic acids is 1. The molecule has 1 amide bonds. The molecule has 0 aliphatic carbocycles. The van der Waals surface area contributed by atoms with Gasteiger partial charge in [0.15, 0.2) is 0 Å². The molecule has 42 heavy (non-hydrogen) atoms. The molecule has 3 rings (SSSR count). The van der Waals surface area contributed by atoms with Gasteiger partial charge >= 0.3 is 5.97 Å². The molecule has 1 fully saturated rings. The number of methoxy groups -OCH3 is 1. The average Bonchev–Trinajstić information content (AvgIpc) is 2.96. The second-order valence-electron chi connectivity index (χ2n) is 13.5. The fourth-order valence-corrected chi connectivity index (χ4v) is 7.97. The molecular weight excluding hydrogens is 524 g/mol. The van der Waals surface area contributed by atoms with Gasteiger partial charge in [-0.25, -0.2) is 0 Å². The van der Waals surface area contributed by atoms with Crippen LogP contribution in [0.1, 0.15) is 81.3 Å². The van der Waals surface area contributed by atoms with Crippen molar-refractivity contribution in [1.82, 2.24) is 9.80 Å². The van der Waals surface area contributed by atoms with Crippen LogP contribution < -0.4 is 4.74 Å². The van der Waals surface area contributed by atoms with Crippen LogP contribution in [0.3, 0.4) is 0 Å². The number of carbonyl (C=O) groups is 2. The highest BCUT2D eigenvalue weighted by atomic mass is 16.5. The molecule has 0 spiro atoms. The van der Waals surface area contributed by atoms with Crippen LogP contribution in [0.4, 0.5) is 0 Å². The lowest BCUT2D eigenvalue weighted by atomic mass is 9.54. The minimum Gasteiger partial charge on any atom is -0.496 e. The lowest BCUT2D eigenvalue weighted by molar-refractivity contribution is -0.152. The molecule has 2 aromatic rings. The van der Waals surface area contributed by atoms with Gasteiger partial charge in [0.1, 0.15) is 12.3 Å². The standard InChI is InChI=1S/C36H54N2O4/c1-12-28-21-38(20-27(6)36(28,24(2)3)29-18-17-26(5)31(19-29)42-11)23-35(9,33(41)37(10)22-32(39)40)34(7,8)30-16-14-13-15-25(30)4/h13-19,24,27-28H,12,20-23H2,1-11H3,(H,39,40)/t27?,28-,35?,36+/m0/s1/i17D,18D,19D. The second-order valence-corrected chi connectivity index (χ2v) is 13.5. The molecule has 4 atom stereocenters. The summed E-state index contributed by atoms with van der Waals surface area (Å²) in [4.78, 5) is 29.7. The predicted octanol–water partition coefficient (Wildman–Crippen LogP) is 6.71. The molecule has 1 heterocycles. The Morgan fingerprint density at radius 1 is 1.17 bits per heavy atom. The lowest BCUT2D eigenvalue weighted by Crippen LogP contribution is -2.62.